The third-order valence-electron chi connectivity index (χ3n) is 3.34. The molecule has 1 aromatic rings. The molecule has 0 spiro atoms. The van der Waals surface area contributed by atoms with E-state index < -0.39 is 11.9 Å². The molecular weight excluding hydrogens is 248 g/mol. The number of nitrogens with one attached hydrogen (secondary N) is 1. The fourth-order valence-electron chi connectivity index (χ4n) is 2.42. The zero-order chi connectivity index (χ0) is 13.8. The number of carboxylic acids is 1. The number of carbonyl (C=O) groups excluding carboxylic acids is 1. The van der Waals surface area contributed by atoms with E-state index in [-0.39, 0.29) is 11.6 Å². The van der Waals surface area contributed by atoms with Crippen molar-refractivity contribution in [3.63, 3.8) is 0 Å². The average molecular weight is 264 g/mol. The zero-order valence-electron chi connectivity index (χ0n) is 10.4. The lowest BCUT2D eigenvalue weighted by Crippen LogP contribution is -2.41. The molecule has 0 unspecified atom stereocenters. The second-order valence-electron chi connectivity index (χ2n) is 4.61. The van der Waals surface area contributed by atoms with Gasteiger partial charge in [-0.05, 0) is 37.1 Å². The Morgan fingerprint density at radius 1 is 1.42 bits per heavy atom. The highest BCUT2D eigenvalue weighted by molar-refractivity contribution is 5.87. The summed E-state index contributed by atoms with van der Waals surface area (Å²) in [5, 5.41) is 17.6. The molecule has 0 aromatic heterocycles. The monoisotopic (exact) mass is 264 g/mol. The summed E-state index contributed by atoms with van der Waals surface area (Å²) in [5.74, 6) is -1.38. The minimum Gasteiger partial charge on any atom is -0.478 e. The minimum absolute atomic E-state index is 0.236. The molecule has 1 atom stereocenters. The molecule has 0 bridgehead atoms. The summed E-state index contributed by atoms with van der Waals surface area (Å²) in [6.45, 7) is 1.26. The van der Waals surface area contributed by atoms with Gasteiger partial charge in [0, 0.05) is 6.54 Å². The summed E-state index contributed by atoms with van der Waals surface area (Å²) >= 11 is 0. The number of aromatic carboxylic acids is 1. The van der Waals surface area contributed by atoms with E-state index in [1.54, 1.807) is 17.6 Å². The van der Waals surface area contributed by atoms with Crippen molar-refractivity contribution < 1.29 is 19.9 Å². The highest BCUT2D eigenvalue weighted by Crippen LogP contribution is 2.20. The van der Waals surface area contributed by atoms with Crippen LogP contribution in [0.5, 0.6) is 0 Å². The number of hydrogen-bond donors (Lipinski definition) is 3. The van der Waals surface area contributed by atoms with Crippen molar-refractivity contribution in [1.82, 2.24) is 10.4 Å². The van der Waals surface area contributed by atoms with Crippen LogP contribution in [0.4, 0.5) is 0 Å². The van der Waals surface area contributed by atoms with Gasteiger partial charge >= 0.3 is 5.97 Å². The molecule has 1 fully saturated rings. The summed E-state index contributed by atoms with van der Waals surface area (Å²) in [6.07, 6.45) is 1.59. The van der Waals surface area contributed by atoms with E-state index >= 15 is 0 Å². The Morgan fingerprint density at radius 3 is 2.89 bits per heavy atom. The quantitative estimate of drug-likeness (QED) is 0.554. The van der Waals surface area contributed by atoms with Crippen LogP contribution < -0.4 is 5.48 Å². The molecule has 0 saturated carbocycles. The van der Waals surface area contributed by atoms with E-state index in [1.165, 1.54) is 6.07 Å². The minimum atomic E-state index is -0.965. The number of hydrogen-bond acceptors (Lipinski definition) is 4. The highest BCUT2D eigenvalue weighted by Gasteiger charge is 2.30. The number of hydroxylamine groups is 1. The van der Waals surface area contributed by atoms with Crippen molar-refractivity contribution in [3.05, 3.63) is 35.4 Å². The van der Waals surface area contributed by atoms with Crippen LogP contribution in [0, 0.1) is 0 Å². The standard InChI is InChI=1S/C13H16N2O4/c16-12(14-19)11-5-2-6-15(11)8-9-3-1-4-10(7-9)13(17)18/h1,3-4,7,11,19H,2,5-6,8H2,(H,14,16)(H,17,18)/t11-/m1/s1. The van der Waals surface area contributed by atoms with Crippen LogP contribution in [0.1, 0.15) is 28.8 Å². The summed E-state index contributed by atoms with van der Waals surface area (Å²) in [4.78, 5) is 24.3. The molecule has 3 N–H and O–H groups in total. The van der Waals surface area contributed by atoms with Crippen LogP contribution in [-0.2, 0) is 11.3 Å². The summed E-state index contributed by atoms with van der Waals surface area (Å²) in [5.41, 5.74) is 2.76. The van der Waals surface area contributed by atoms with E-state index in [9.17, 15) is 9.59 Å². The molecule has 1 amide bonds. The van der Waals surface area contributed by atoms with Gasteiger partial charge in [-0.15, -0.1) is 0 Å². The lowest BCUT2D eigenvalue weighted by Gasteiger charge is -2.22. The maximum atomic E-state index is 11.5. The van der Waals surface area contributed by atoms with Gasteiger partial charge in [-0.1, -0.05) is 12.1 Å². The fraction of sp³-hybridized carbons (Fsp3) is 0.385. The third kappa shape index (κ3) is 3.10. The average Bonchev–Trinajstić information content (AvgIpc) is 2.86. The van der Waals surface area contributed by atoms with Gasteiger partial charge in [0.2, 0.25) is 0 Å². The normalized spacial score (nSPS) is 19.3. The molecule has 6 heteroatoms. The van der Waals surface area contributed by atoms with Crippen LogP contribution in [-0.4, -0.2) is 39.7 Å². The lowest BCUT2D eigenvalue weighted by molar-refractivity contribution is -0.134. The molecule has 1 aromatic carbocycles. The zero-order valence-corrected chi connectivity index (χ0v) is 10.4. The van der Waals surface area contributed by atoms with Crippen molar-refractivity contribution >= 4 is 11.9 Å². The Hall–Kier alpha value is -1.92. The Morgan fingerprint density at radius 2 is 2.21 bits per heavy atom. The van der Waals surface area contributed by atoms with Gasteiger partial charge < -0.3 is 5.11 Å². The summed E-state index contributed by atoms with van der Waals surface area (Å²) < 4.78 is 0. The SMILES string of the molecule is O=C(O)c1cccc(CN2CCC[C@@H]2C(=O)NO)c1. The van der Waals surface area contributed by atoms with Crippen LogP contribution in [0.3, 0.4) is 0 Å². The second kappa shape index (κ2) is 5.81. The van der Waals surface area contributed by atoms with E-state index in [2.05, 4.69) is 0 Å². The Kier molecular flexibility index (Phi) is 4.13. The number of benzene rings is 1. The van der Waals surface area contributed by atoms with E-state index in [0.29, 0.717) is 13.0 Å². The molecule has 1 heterocycles. The molecule has 1 saturated heterocycles. The van der Waals surface area contributed by atoms with E-state index in [0.717, 1.165) is 18.5 Å². The molecule has 1 aliphatic rings. The predicted octanol–water partition coefficient (Wildman–Crippen LogP) is 0.855. The molecule has 6 nitrogen and oxygen atoms in total. The molecule has 0 aliphatic carbocycles. The van der Waals surface area contributed by atoms with Crippen molar-refractivity contribution in [1.29, 1.82) is 0 Å². The first kappa shape index (κ1) is 13.5. The number of carbonyl (C=O) groups is 2. The predicted molar refractivity (Wildman–Crippen MR) is 66.8 cm³/mol. The highest BCUT2D eigenvalue weighted by atomic mass is 16.5. The molecule has 1 aliphatic heterocycles. The second-order valence-corrected chi connectivity index (χ2v) is 4.61. The molecular formula is C13H16N2O4. The first-order valence-electron chi connectivity index (χ1n) is 6.12. The number of rotatable bonds is 4. The Balaban J connectivity index is 2.10. The van der Waals surface area contributed by atoms with Crippen LogP contribution in [0.2, 0.25) is 0 Å². The Bertz CT molecular complexity index is 489. The summed E-state index contributed by atoms with van der Waals surface area (Å²) in [6, 6.07) is 6.32. The number of carboxylic acid groups (broad SMARTS) is 1. The topological polar surface area (TPSA) is 89.9 Å². The van der Waals surface area contributed by atoms with Crippen molar-refractivity contribution in [2.45, 2.75) is 25.4 Å². The van der Waals surface area contributed by atoms with Crippen molar-refractivity contribution in [3.8, 4) is 0 Å². The van der Waals surface area contributed by atoms with Gasteiger partial charge in [0.1, 0.15) is 0 Å². The van der Waals surface area contributed by atoms with Gasteiger partial charge in [-0.25, -0.2) is 10.3 Å². The molecule has 19 heavy (non-hydrogen) atoms. The fourth-order valence-corrected chi connectivity index (χ4v) is 2.42. The maximum absolute atomic E-state index is 11.5. The number of nitrogens with zero attached hydrogens (tertiary/aromatic N) is 1. The van der Waals surface area contributed by atoms with Crippen LogP contribution in [0.15, 0.2) is 24.3 Å². The first-order chi connectivity index (χ1) is 9.11. The molecule has 0 radical (unpaired) electrons. The van der Waals surface area contributed by atoms with Gasteiger partial charge in [-0.3, -0.25) is 14.9 Å². The molecule has 102 valence electrons. The van der Waals surface area contributed by atoms with E-state index in [1.807, 2.05) is 11.0 Å². The molecule has 2 rings (SSSR count). The van der Waals surface area contributed by atoms with Gasteiger partial charge in [0.15, 0.2) is 0 Å². The maximum Gasteiger partial charge on any atom is 0.335 e. The van der Waals surface area contributed by atoms with Crippen molar-refractivity contribution in [2.75, 3.05) is 6.54 Å². The van der Waals surface area contributed by atoms with Gasteiger partial charge in [0.05, 0.1) is 11.6 Å². The number of likely N-dealkylation sites (tertiary alicyclic amines) is 1. The van der Waals surface area contributed by atoms with Gasteiger partial charge in [-0.2, -0.15) is 0 Å². The largest absolute Gasteiger partial charge is 0.478 e. The van der Waals surface area contributed by atoms with Crippen LogP contribution >= 0.6 is 0 Å². The smallest absolute Gasteiger partial charge is 0.335 e. The third-order valence-corrected chi connectivity index (χ3v) is 3.34. The van der Waals surface area contributed by atoms with E-state index in [4.69, 9.17) is 10.3 Å². The van der Waals surface area contributed by atoms with Crippen LogP contribution in [0.25, 0.3) is 0 Å². The van der Waals surface area contributed by atoms with Gasteiger partial charge in [0.25, 0.3) is 5.91 Å². The number of amides is 1. The lowest BCUT2D eigenvalue weighted by atomic mass is 10.1. The first-order valence-corrected chi connectivity index (χ1v) is 6.12. The Labute approximate surface area is 110 Å². The van der Waals surface area contributed by atoms with Crippen molar-refractivity contribution in [2.24, 2.45) is 0 Å². The summed E-state index contributed by atoms with van der Waals surface area (Å²) in [7, 11) is 0.